The second kappa shape index (κ2) is 5.67. The predicted octanol–water partition coefficient (Wildman–Crippen LogP) is 2.23. The van der Waals surface area contributed by atoms with Gasteiger partial charge in [0.2, 0.25) is 0 Å². The van der Waals surface area contributed by atoms with E-state index in [0.29, 0.717) is 6.54 Å². The van der Waals surface area contributed by atoms with E-state index < -0.39 is 6.09 Å². The van der Waals surface area contributed by atoms with Crippen molar-refractivity contribution in [3.05, 3.63) is 35.9 Å². The van der Waals surface area contributed by atoms with E-state index in [1.54, 1.807) is 0 Å². The van der Waals surface area contributed by atoms with Gasteiger partial charge in [0.15, 0.2) is 5.78 Å². The molecule has 18 heavy (non-hydrogen) atoms. The van der Waals surface area contributed by atoms with Crippen LogP contribution in [0.4, 0.5) is 4.79 Å². The monoisotopic (exact) mass is 247 g/mol. The number of ether oxygens (including phenoxy) is 1. The first-order valence-electron chi connectivity index (χ1n) is 6.15. The summed E-state index contributed by atoms with van der Waals surface area (Å²) >= 11 is 0. The van der Waals surface area contributed by atoms with Crippen LogP contribution in [0, 0.1) is 5.92 Å². The highest BCUT2D eigenvalue weighted by atomic mass is 16.6. The Bertz CT molecular complexity index is 430. The molecule has 0 aliphatic carbocycles. The fraction of sp³-hybridized carbons (Fsp3) is 0.429. The molecule has 0 saturated carbocycles. The lowest BCUT2D eigenvalue weighted by Crippen LogP contribution is -2.43. The number of ketones is 1. The number of Topliss-reactive ketones (excluding diaryl/α,β-unsaturated/α-hetero) is 1. The van der Waals surface area contributed by atoms with Crippen molar-refractivity contribution >= 4 is 11.9 Å². The molecular weight excluding hydrogens is 230 g/mol. The highest BCUT2D eigenvalue weighted by Crippen LogP contribution is 2.14. The Morgan fingerprint density at radius 2 is 2.11 bits per heavy atom. The van der Waals surface area contributed by atoms with E-state index in [-0.39, 0.29) is 24.9 Å². The number of amides is 1. The molecule has 1 unspecified atom stereocenters. The van der Waals surface area contributed by atoms with Crippen LogP contribution < -0.4 is 0 Å². The standard InChI is InChI=1S/C14H17NO3/c1-11-7-8-15(9-13(11)16)14(17)18-10-12-5-3-2-4-6-12/h2-6,11H,7-10H2,1H3. The summed E-state index contributed by atoms with van der Waals surface area (Å²) in [6.45, 7) is 2.92. The van der Waals surface area contributed by atoms with Gasteiger partial charge in [-0.3, -0.25) is 4.79 Å². The minimum absolute atomic E-state index is 0.0585. The van der Waals surface area contributed by atoms with Crippen molar-refractivity contribution in [3.8, 4) is 0 Å². The highest BCUT2D eigenvalue weighted by molar-refractivity contribution is 5.86. The molecule has 1 fully saturated rings. The van der Waals surface area contributed by atoms with Crippen molar-refractivity contribution < 1.29 is 14.3 Å². The average molecular weight is 247 g/mol. The van der Waals surface area contributed by atoms with Gasteiger partial charge in [-0.1, -0.05) is 37.3 Å². The van der Waals surface area contributed by atoms with Crippen LogP contribution in [0.25, 0.3) is 0 Å². The molecular formula is C14H17NO3. The van der Waals surface area contributed by atoms with Gasteiger partial charge < -0.3 is 9.64 Å². The van der Waals surface area contributed by atoms with Gasteiger partial charge >= 0.3 is 6.09 Å². The molecule has 4 heteroatoms. The normalized spacial score (nSPS) is 19.7. The second-order valence-corrected chi connectivity index (χ2v) is 4.62. The van der Waals surface area contributed by atoms with E-state index >= 15 is 0 Å². The van der Waals surface area contributed by atoms with Crippen molar-refractivity contribution in [1.82, 2.24) is 4.90 Å². The van der Waals surface area contributed by atoms with Crippen LogP contribution in [-0.2, 0) is 16.1 Å². The summed E-state index contributed by atoms with van der Waals surface area (Å²) in [6.07, 6.45) is 0.318. The maximum Gasteiger partial charge on any atom is 0.410 e. The third-order valence-electron chi connectivity index (χ3n) is 3.19. The Labute approximate surface area is 107 Å². The molecule has 1 aromatic carbocycles. The van der Waals surface area contributed by atoms with Crippen LogP contribution >= 0.6 is 0 Å². The Kier molecular flexibility index (Phi) is 3.97. The number of hydrogen-bond acceptors (Lipinski definition) is 3. The van der Waals surface area contributed by atoms with Gasteiger partial charge in [0.1, 0.15) is 6.61 Å². The maximum absolute atomic E-state index is 11.8. The minimum atomic E-state index is -0.404. The fourth-order valence-electron chi connectivity index (χ4n) is 1.90. The summed E-state index contributed by atoms with van der Waals surface area (Å²) in [6, 6.07) is 9.51. The second-order valence-electron chi connectivity index (χ2n) is 4.62. The number of carbonyl (C=O) groups is 2. The molecule has 0 aromatic heterocycles. The van der Waals surface area contributed by atoms with Gasteiger partial charge in [-0.2, -0.15) is 0 Å². The number of likely N-dealkylation sites (tertiary alicyclic amines) is 1. The van der Waals surface area contributed by atoms with Crippen LogP contribution in [-0.4, -0.2) is 29.9 Å². The van der Waals surface area contributed by atoms with Crippen molar-refractivity contribution in [2.45, 2.75) is 20.0 Å². The van der Waals surface area contributed by atoms with E-state index in [2.05, 4.69) is 0 Å². The molecule has 1 atom stereocenters. The fourth-order valence-corrected chi connectivity index (χ4v) is 1.90. The molecule has 1 heterocycles. The molecule has 1 aliphatic heterocycles. The Morgan fingerprint density at radius 3 is 2.78 bits per heavy atom. The number of hydrogen-bond donors (Lipinski definition) is 0. The summed E-state index contributed by atoms with van der Waals surface area (Å²) in [5.41, 5.74) is 0.947. The molecule has 96 valence electrons. The van der Waals surface area contributed by atoms with Crippen LogP contribution in [0.3, 0.4) is 0 Å². The van der Waals surface area contributed by atoms with Gasteiger partial charge in [-0.25, -0.2) is 4.79 Å². The molecule has 0 radical (unpaired) electrons. The third-order valence-corrected chi connectivity index (χ3v) is 3.19. The smallest absolute Gasteiger partial charge is 0.410 e. The van der Waals surface area contributed by atoms with Gasteiger partial charge in [0, 0.05) is 12.5 Å². The summed E-state index contributed by atoms with van der Waals surface area (Å²) in [5, 5.41) is 0. The first-order chi connectivity index (χ1) is 8.66. The molecule has 4 nitrogen and oxygen atoms in total. The maximum atomic E-state index is 11.8. The lowest BCUT2D eigenvalue weighted by Gasteiger charge is -2.28. The number of rotatable bonds is 2. The van der Waals surface area contributed by atoms with Crippen LogP contribution in [0.15, 0.2) is 30.3 Å². The van der Waals surface area contributed by atoms with Crippen molar-refractivity contribution in [2.24, 2.45) is 5.92 Å². The summed E-state index contributed by atoms with van der Waals surface area (Å²) in [7, 11) is 0. The molecule has 0 spiro atoms. The molecule has 1 saturated heterocycles. The van der Waals surface area contributed by atoms with Crippen LogP contribution in [0.1, 0.15) is 18.9 Å². The van der Waals surface area contributed by atoms with Crippen LogP contribution in [0.5, 0.6) is 0 Å². The number of carbonyl (C=O) groups excluding carboxylic acids is 2. The van der Waals surface area contributed by atoms with Crippen molar-refractivity contribution in [1.29, 1.82) is 0 Å². The number of piperidine rings is 1. The van der Waals surface area contributed by atoms with E-state index in [1.165, 1.54) is 4.90 Å². The summed E-state index contributed by atoms with van der Waals surface area (Å²) < 4.78 is 5.19. The Balaban J connectivity index is 1.83. The highest BCUT2D eigenvalue weighted by Gasteiger charge is 2.27. The molecule has 1 aliphatic rings. The Hall–Kier alpha value is -1.84. The molecule has 1 aromatic rings. The van der Waals surface area contributed by atoms with Crippen LogP contribution in [0.2, 0.25) is 0 Å². The zero-order valence-electron chi connectivity index (χ0n) is 10.5. The average Bonchev–Trinajstić information content (AvgIpc) is 2.40. The number of nitrogens with zero attached hydrogens (tertiary/aromatic N) is 1. The zero-order chi connectivity index (χ0) is 13.0. The van der Waals surface area contributed by atoms with E-state index in [4.69, 9.17) is 4.74 Å². The molecule has 2 rings (SSSR count). The largest absolute Gasteiger partial charge is 0.445 e. The van der Waals surface area contributed by atoms with E-state index in [9.17, 15) is 9.59 Å². The van der Waals surface area contributed by atoms with Gasteiger partial charge in [-0.05, 0) is 12.0 Å². The summed E-state index contributed by atoms with van der Waals surface area (Å²) in [4.78, 5) is 24.8. The zero-order valence-corrected chi connectivity index (χ0v) is 10.5. The minimum Gasteiger partial charge on any atom is -0.445 e. The van der Waals surface area contributed by atoms with E-state index in [0.717, 1.165) is 12.0 Å². The SMILES string of the molecule is CC1CCN(C(=O)OCc2ccccc2)CC1=O. The first-order valence-corrected chi connectivity index (χ1v) is 6.15. The lowest BCUT2D eigenvalue weighted by atomic mass is 9.98. The quantitative estimate of drug-likeness (QED) is 0.805. The molecule has 0 N–H and O–H groups in total. The summed E-state index contributed by atoms with van der Waals surface area (Å²) in [5.74, 6) is 0.168. The molecule has 0 bridgehead atoms. The van der Waals surface area contributed by atoms with Gasteiger partial charge in [0.25, 0.3) is 0 Å². The van der Waals surface area contributed by atoms with Gasteiger partial charge in [-0.15, -0.1) is 0 Å². The topological polar surface area (TPSA) is 46.6 Å². The predicted molar refractivity (Wildman–Crippen MR) is 67.0 cm³/mol. The van der Waals surface area contributed by atoms with Gasteiger partial charge in [0.05, 0.1) is 6.54 Å². The molecule has 1 amide bonds. The Morgan fingerprint density at radius 1 is 1.39 bits per heavy atom. The first kappa shape index (κ1) is 12.6. The number of benzene rings is 1. The lowest BCUT2D eigenvalue weighted by molar-refractivity contribution is -0.125. The third kappa shape index (κ3) is 3.09. The van der Waals surface area contributed by atoms with E-state index in [1.807, 2.05) is 37.3 Å². The van der Waals surface area contributed by atoms with Crippen molar-refractivity contribution in [2.75, 3.05) is 13.1 Å². The van der Waals surface area contributed by atoms with Crippen molar-refractivity contribution in [3.63, 3.8) is 0 Å².